The van der Waals surface area contributed by atoms with Crippen LogP contribution >= 0.6 is 11.3 Å². The van der Waals surface area contributed by atoms with Crippen LogP contribution in [0.4, 0.5) is 4.79 Å². The van der Waals surface area contributed by atoms with Crippen LogP contribution in [0.15, 0.2) is 78.2 Å². The average Bonchev–Trinajstić information content (AvgIpc) is 3.17. The van der Waals surface area contributed by atoms with Gasteiger partial charge in [0.2, 0.25) is 5.91 Å². The van der Waals surface area contributed by atoms with Crippen LogP contribution in [0.1, 0.15) is 28.1 Å². The maximum atomic E-state index is 12.6. The molecule has 132 valence electrons. The van der Waals surface area contributed by atoms with Crippen LogP contribution in [-0.4, -0.2) is 11.9 Å². The Labute approximate surface area is 155 Å². The summed E-state index contributed by atoms with van der Waals surface area (Å²) in [5, 5.41) is 7.56. The number of carbonyl (C=O) groups is 2. The van der Waals surface area contributed by atoms with Gasteiger partial charge in [-0.25, -0.2) is 4.79 Å². The summed E-state index contributed by atoms with van der Waals surface area (Å²) in [6, 6.07) is 21.3. The van der Waals surface area contributed by atoms with Gasteiger partial charge in [0.15, 0.2) is 0 Å². The summed E-state index contributed by atoms with van der Waals surface area (Å²) < 4.78 is 0. The first-order valence-corrected chi connectivity index (χ1v) is 9.03. The van der Waals surface area contributed by atoms with E-state index in [1.165, 1.54) is 0 Å². The average molecular weight is 365 g/mol. The lowest BCUT2D eigenvalue weighted by atomic mass is 10.0. The van der Waals surface area contributed by atoms with E-state index in [-0.39, 0.29) is 6.04 Å². The van der Waals surface area contributed by atoms with Gasteiger partial charge in [0.1, 0.15) is 6.04 Å². The van der Waals surface area contributed by atoms with E-state index in [2.05, 4.69) is 10.6 Å². The fourth-order valence-electron chi connectivity index (χ4n) is 2.77. The van der Waals surface area contributed by atoms with Crippen molar-refractivity contribution in [3.8, 4) is 0 Å². The van der Waals surface area contributed by atoms with Crippen LogP contribution in [0.5, 0.6) is 0 Å². The van der Waals surface area contributed by atoms with Gasteiger partial charge in [0.05, 0.1) is 6.04 Å². The molecule has 0 saturated carbocycles. The van der Waals surface area contributed by atoms with Gasteiger partial charge in [-0.15, -0.1) is 11.3 Å². The molecule has 26 heavy (non-hydrogen) atoms. The van der Waals surface area contributed by atoms with E-state index < -0.39 is 18.0 Å². The molecule has 0 fully saturated rings. The number of benzene rings is 2. The second-order valence-electron chi connectivity index (χ2n) is 5.72. The van der Waals surface area contributed by atoms with Gasteiger partial charge in [-0.3, -0.25) is 15.4 Å². The van der Waals surface area contributed by atoms with Gasteiger partial charge < -0.3 is 5.73 Å². The van der Waals surface area contributed by atoms with E-state index >= 15 is 0 Å². The normalized spacial score (nSPS) is 12.9. The Morgan fingerprint density at radius 2 is 1.46 bits per heavy atom. The molecule has 0 saturated heterocycles. The molecule has 0 bridgehead atoms. The number of thiophene rings is 1. The molecule has 2 aromatic carbocycles. The number of hydrogen-bond acceptors (Lipinski definition) is 4. The Bertz CT molecular complexity index is 851. The monoisotopic (exact) mass is 365 g/mol. The number of rotatable bonds is 6. The van der Waals surface area contributed by atoms with Crippen molar-refractivity contribution in [3.05, 3.63) is 94.2 Å². The van der Waals surface area contributed by atoms with Crippen molar-refractivity contribution in [1.29, 1.82) is 0 Å². The van der Waals surface area contributed by atoms with Crippen LogP contribution in [0.25, 0.3) is 0 Å². The molecule has 4 N–H and O–H groups in total. The number of nitrogens with two attached hydrogens (primary N) is 1. The first-order chi connectivity index (χ1) is 12.6. The molecule has 3 rings (SSSR count). The van der Waals surface area contributed by atoms with Crippen molar-refractivity contribution < 1.29 is 9.59 Å². The summed E-state index contributed by atoms with van der Waals surface area (Å²) in [5.74, 6) is -0.485. The molecule has 0 aliphatic heterocycles. The molecule has 6 heteroatoms. The predicted molar refractivity (Wildman–Crippen MR) is 103 cm³/mol. The lowest BCUT2D eigenvalue weighted by Gasteiger charge is -2.25. The minimum Gasteiger partial charge on any atom is -0.351 e. The van der Waals surface area contributed by atoms with Gasteiger partial charge in [0.25, 0.3) is 0 Å². The lowest BCUT2D eigenvalue weighted by Crippen LogP contribution is -2.44. The van der Waals surface area contributed by atoms with Gasteiger partial charge in [0, 0.05) is 4.88 Å². The molecule has 1 heterocycles. The summed E-state index contributed by atoms with van der Waals surface area (Å²) in [4.78, 5) is 24.9. The Hall–Kier alpha value is -2.96. The zero-order valence-electron chi connectivity index (χ0n) is 14.0. The van der Waals surface area contributed by atoms with Gasteiger partial charge in [-0.2, -0.15) is 0 Å². The number of primary amides is 1. The number of imide groups is 1. The van der Waals surface area contributed by atoms with Gasteiger partial charge in [-0.1, -0.05) is 66.7 Å². The predicted octanol–water partition coefficient (Wildman–Crippen LogP) is 3.36. The summed E-state index contributed by atoms with van der Waals surface area (Å²) in [7, 11) is 0. The minimum absolute atomic E-state index is 0.194. The van der Waals surface area contributed by atoms with Crippen molar-refractivity contribution in [2.45, 2.75) is 12.1 Å². The molecule has 5 nitrogen and oxygen atoms in total. The van der Waals surface area contributed by atoms with Crippen LogP contribution in [-0.2, 0) is 4.79 Å². The van der Waals surface area contributed by atoms with Crippen LogP contribution in [0.3, 0.4) is 0 Å². The standard InChI is InChI=1S/C20H19N3O2S/c21-20(25)23-19(24)18(15-10-5-2-6-11-15)22-17(16-12-7-13-26-16)14-8-3-1-4-9-14/h1-13,17-18,22H,(H3,21,23,24,25)/t17-,18-/m1/s1. The van der Waals surface area contributed by atoms with Crippen molar-refractivity contribution >= 4 is 23.3 Å². The Morgan fingerprint density at radius 3 is 2.00 bits per heavy atom. The molecular weight excluding hydrogens is 346 g/mol. The minimum atomic E-state index is -0.870. The summed E-state index contributed by atoms with van der Waals surface area (Å²) in [6.07, 6.45) is 0. The second kappa shape index (κ2) is 8.42. The third-order valence-corrected chi connectivity index (χ3v) is 4.87. The maximum Gasteiger partial charge on any atom is 0.318 e. The van der Waals surface area contributed by atoms with Crippen molar-refractivity contribution in [1.82, 2.24) is 10.6 Å². The van der Waals surface area contributed by atoms with Crippen molar-refractivity contribution in [3.63, 3.8) is 0 Å². The fourth-order valence-corrected chi connectivity index (χ4v) is 3.58. The van der Waals surface area contributed by atoms with Crippen LogP contribution in [0, 0.1) is 0 Å². The Kier molecular flexibility index (Phi) is 5.78. The zero-order chi connectivity index (χ0) is 18.4. The molecule has 2 atom stereocenters. The third-order valence-electron chi connectivity index (χ3n) is 3.94. The van der Waals surface area contributed by atoms with E-state index in [1.807, 2.05) is 78.2 Å². The molecular formula is C20H19N3O2S. The molecule has 0 radical (unpaired) electrons. The Morgan fingerprint density at radius 1 is 0.846 bits per heavy atom. The number of nitrogens with one attached hydrogen (secondary N) is 2. The van der Waals surface area contributed by atoms with E-state index in [9.17, 15) is 9.59 Å². The highest BCUT2D eigenvalue weighted by molar-refractivity contribution is 7.10. The van der Waals surface area contributed by atoms with Crippen LogP contribution < -0.4 is 16.4 Å². The molecule has 0 spiro atoms. The largest absolute Gasteiger partial charge is 0.351 e. The highest BCUT2D eigenvalue weighted by atomic mass is 32.1. The Balaban J connectivity index is 1.97. The maximum absolute atomic E-state index is 12.6. The first-order valence-electron chi connectivity index (χ1n) is 8.15. The highest BCUT2D eigenvalue weighted by Gasteiger charge is 2.26. The number of carbonyl (C=O) groups excluding carboxylic acids is 2. The summed E-state index contributed by atoms with van der Waals surface area (Å²) in [6.45, 7) is 0. The molecule has 0 aliphatic carbocycles. The van der Waals surface area contributed by atoms with Gasteiger partial charge >= 0.3 is 6.03 Å². The van der Waals surface area contributed by atoms with Gasteiger partial charge in [-0.05, 0) is 22.6 Å². The molecule has 3 amide bonds. The van der Waals surface area contributed by atoms with E-state index in [1.54, 1.807) is 11.3 Å². The summed E-state index contributed by atoms with van der Waals surface area (Å²) >= 11 is 1.60. The van der Waals surface area contributed by atoms with Crippen molar-refractivity contribution in [2.75, 3.05) is 0 Å². The topological polar surface area (TPSA) is 84.2 Å². The molecule has 3 aromatic rings. The number of hydrogen-bond donors (Lipinski definition) is 3. The highest BCUT2D eigenvalue weighted by Crippen LogP contribution is 2.29. The third kappa shape index (κ3) is 4.36. The van der Waals surface area contributed by atoms with E-state index in [4.69, 9.17) is 5.73 Å². The number of urea groups is 1. The zero-order valence-corrected chi connectivity index (χ0v) is 14.8. The lowest BCUT2D eigenvalue weighted by molar-refractivity contribution is -0.122. The summed E-state index contributed by atoms with van der Waals surface area (Å²) in [5.41, 5.74) is 6.93. The smallest absolute Gasteiger partial charge is 0.318 e. The fraction of sp³-hybridized carbons (Fsp3) is 0.100. The molecule has 0 unspecified atom stereocenters. The molecule has 0 aliphatic rings. The SMILES string of the molecule is NC(=O)NC(=O)[C@H](N[C@H](c1ccccc1)c1cccs1)c1ccccc1. The molecule has 1 aromatic heterocycles. The quantitative estimate of drug-likeness (QED) is 0.626. The second-order valence-corrected chi connectivity index (χ2v) is 6.70. The van der Waals surface area contributed by atoms with Crippen molar-refractivity contribution in [2.24, 2.45) is 5.73 Å². The van der Waals surface area contributed by atoms with E-state index in [0.717, 1.165) is 16.0 Å². The first kappa shape index (κ1) is 17.8. The number of amides is 3. The van der Waals surface area contributed by atoms with E-state index in [0.29, 0.717) is 0 Å². The van der Waals surface area contributed by atoms with Crippen LogP contribution in [0.2, 0.25) is 0 Å².